The standard InChI is InChI=1S/C21H24N2O4/c1-3-6-14(2)20(24)23-17-8-5-4-7-16(17)21(25)22-12-15-9-10-18-19(11-15)27-13-26-18/h4-5,7-11,14H,3,6,12-13H2,1-2H3,(H,22,25)(H,23,24). The first kappa shape index (κ1) is 18.8. The number of carbonyl (C=O) groups excluding carboxylic acids is 2. The van der Waals surface area contributed by atoms with Crippen LogP contribution in [0.5, 0.6) is 11.5 Å². The fourth-order valence-corrected chi connectivity index (χ4v) is 2.94. The van der Waals surface area contributed by atoms with Gasteiger partial charge in [0.2, 0.25) is 12.7 Å². The molecule has 0 bridgehead atoms. The molecular formula is C21H24N2O4. The molecule has 1 atom stereocenters. The summed E-state index contributed by atoms with van der Waals surface area (Å²) in [6.45, 7) is 4.50. The molecule has 0 spiro atoms. The van der Waals surface area contributed by atoms with Gasteiger partial charge in [-0.2, -0.15) is 0 Å². The van der Waals surface area contributed by atoms with Crippen LogP contribution in [0.1, 0.15) is 42.6 Å². The Labute approximate surface area is 158 Å². The van der Waals surface area contributed by atoms with Crippen LogP contribution in [-0.4, -0.2) is 18.6 Å². The SMILES string of the molecule is CCCC(C)C(=O)Nc1ccccc1C(=O)NCc1ccc2c(c1)OCO2. The van der Waals surface area contributed by atoms with E-state index in [0.717, 1.165) is 18.4 Å². The van der Waals surface area contributed by atoms with Crippen molar-refractivity contribution < 1.29 is 19.1 Å². The largest absolute Gasteiger partial charge is 0.454 e. The molecule has 1 aliphatic rings. The maximum atomic E-state index is 12.6. The summed E-state index contributed by atoms with van der Waals surface area (Å²) in [4.78, 5) is 24.9. The number of carbonyl (C=O) groups is 2. The van der Waals surface area contributed by atoms with Crippen molar-refractivity contribution in [2.24, 2.45) is 5.92 Å². The highest BCUT2D eigenvalue weighted by Gasteiger charge is 2.17. The van der Waals surface area contributed by atoms with Gasteiger partial charge in [-0.15, -0.1) is 0 Å². The Hall–Kier alpha value is -3.02. The first-order chi connectivity index (χ1) is 13.1. The Kier molecular flexibility index (Phi) is 5.96. The lowest BCUT2D eigenvalue weighted by Gasteiger charge is -2.14. The van der Waals surface area contributed by atoms with Crippen LogP contribution < -0.4 is 20.1 Å². The van der Waals surface area contributed by atoms with E-state index >= 15 is 0 Å². The number of hydrogen-bond acceptors (Lipinski definition) is 4. The van der Waals surface area contributed by atoms with Crippen molar-refractivity contribution in [1.29, 1.82) is 0 Å². The molecule has 27 heavy (non-hydrogen) atoms. The Morgan fingerprint density at radius 3 is 2.70 bits per heavy atom. The van der Waals surface area contributed by atoms with Crippen LogP contribution in [0.4, 0.5) is 5.69 Å². The summed E-state index contributed by atoms with van der Waals surface area (Å²) in [7, 11) is 0. The zero-order valence-corrected chi connectivity index (χ0v) is 15.6. The lowest BCUT2D eigenvalue weighted by Crippen LogP contribution is -2.26. The molecule has 0 aromatic heterocycles. The van der Waals surface area contributed by atoms with Gasteiger partial charge < -0.3 is 20.1 Å². The van der Waals surface area contributed by atoms with Crippen molar-refractivity contribution in [2.45, 2.75) is 33.2 Å². The average Bonchev–Trinajstić information content (AvgIpc) is 3.14. The zero-order valence-electron chi connectivity index (χ0n) is 15.6. The molecule has 6 heteroatoms. The molecule has 0 saturated carbocycles. The number of fused-ring (bicyclic) bond motifs is 1. The van der Waals surface area contributed by atoms with Gasteiger partial charge in [-0.1, -0.05) is 38.5 Å². The Bertz CT molecular complexity index is 835. The van der Waals surface area contributed by atoms with E-state index in [4.69, 9.17) is 9.47 Å². The number of ether oxygens (including phenoxy) is 2. The Morgan fingerprint density at radius 1 is 1.11 bits per heavy atom. The topological polar surface area (TPSA) is 76.7 Å². The highest BCUT2D eigenvalue weighted by atomic mass is 16.7. The first-order valence-electron chi connectivity index (χ1n) is 9.15. The number of para-hydroxylation sites is 1. The van der Waals surface area contributed by atoms with Crippen LogP contribution >= 0.6 is 0 Å². The van der Waals surface area contributed by atoms with Crippen LogP contribution in [0.15, 0.2) is 42.5 Å². The van der Waals surface area contributed by atoms with E-state index in [1.165, 1.54) is 0 Å². The van der Waals surface area contributed by atoms with Crippen LogP contribution in [0.3, 0.4) is 0 Å². The van der Waals surface area contributed by atoms with Gasteiger partial charge in [-0.25, -0.2) is 0 Å². The van der Waals surface area contributed by atoms with Crippen molar-refractivity contribution in [1.82, 2.24) is 5.32 Å². The predicted octanol–water partition coefficient (Wildman–Crippen LogP) is 3.72. The van der Waals surface area contributed by atoms with E-state index < -0.39 is 0 Å². The summed E-state index contributed by atoms with van der Waals surface area (Å²) < 4.78 is 10.6. The molecule has 142 valence electrons. The van der Waals surface area contributed by atoms with E-state index in [1.54, 1.807) is 24.3 Å². The van der Waals surface area contributed by atoms with Crippen molar-refractivity contribution in [3.05, 3.63) is 53.6 Å². The van der Waals surface area contributed by atoms with Gasteiger partial charge in [0.15, 0.2) is 11.5 Å². The van der Waals surface area contributed by atoms with Gasteiger partial charge in [-0.3, -0.25) is 9.59 Å². The van der Waals surface area contributed by atoms with Crippen LogP contribution in [0.2, 0.25) is 0 Å². The molecule has 1 heterocycles. The summed E-state index contributed by atoms with van der Waals surface area (Å²) in [5, 5.41) is 5.76. The second-order valence-corrected chi connectivity index (χ2v) is 6.59. The molecule has 6 nitrogen and oxygen atoms in total. The normalized spacial score (nSPS) is 13.1. The lowest BCUT2D eigenvalue weighted by molar-refractivity contribution is -0.119. The van der Waals surface area contributed by atoms with E-state index in [2.05, 4.69) is 10.6 Å². The number of rotatable bonds is 7. The maximum Gasteiger partial charge on any atom is 0.253 e. The molecular weight excluding hydrogens is 344 g/mol. The monoisotopic (exact) mass is 368 g/mol. The summed E-state index contributed by atoms with van der Waals surface area (Å²) >= 11 is 0. The summed E-state index contributed by atoms with van der Waals surface area (Å²) in [6, 6.07) is 12.6. The number of nitrogens with one attached hydrogen (secondary N) is 2. The van der Waals surface area contributed by atoms with Gasteiger partial charge in [0.1, 0.15) is 0 Å². The molecule has 2 aromatic rings. The smallest absolute Gasteiger partial charge is 0.253 e. The minimum atomic E-state index is -0.244. The van der Waals surface area contributed by atoms with Gasteiger partial charge in [-0.05, 0) is 36.2 Å². The van der Waals surface area contributed by atoms with Crippen molar-refractivity contribution in [3.63, 3.8) is 0 Å². The van der Waals surface area contributed by atoms with Gasteiger partial charge in [0, 0.05) is 12.5 Å². The summed E-state index contributed by atoms with van der Waals surface area (Å²) in [6.07, 6.45) is 1.75. The molecule has 0 fully saturated rings. The van der Waals surface area contributed by atoms with E-state index in [1.807, 2.05) is 32.0 Å². The third-order valence-corrected chi connectivity index (χ3v) is 4.49. The van der Waals surface area contributed by atoms with Crippen LogP contribution in [-0.2, 0) is 11.3 Å². The van der Waals surface area contributed by atoms with Crippen molar-refractivity contribution in [3.8, 4) is 11.5 Å². The molecule has 1 unspecified atom stereocenters. The Morgan fingerprint density at radius 2 is 1.89 bits per heavy atom. The number of benzene rings is 2. The van der Waals surface area contributed by atoms with Gasteiger partial charge in [0.05, 0.1) is 11.3 Å². The number of amides is 2. The Balaban J connectivity index is 1.65. The first-order valence-corrected chi connectivity index (χ1v) is 9.15. The van der Waals surface area contributed by atoms with Gasteiger partial charge in [0.25, 0.3) is 5.91 Å². The lowest BCUT2D eigenvalue weighted by atomic mass is 10.0. The second-order valence-electron chi connectivity index (χ2n) is 6.59. The van der Waals surface area contributed by atoms with E-state index in [0.29, 0.717) is 29.3 Å². The highest BCUT2D eigenvalue weighted by molar-refractivity contribution is 6.04. The van der Waals surface area contributed by atoms with Crippen LogP contribution in [0, 0.1) is 5.92 Å². The minimum Gasteiger partial charge on any atom is -0.454 e. The van der Waals surface area contributed by atoms with Crippen molar-refractivity contribution >= 4 is 17.5 Å². The second kappa shape index (κ2) is 8.58. The molecule has 2 aromatic carbocycles. The molecule has 3 rings (SSSR count). The van der Waals surface area contributed by atoms with Crippen LogP contribution in [0.25, 0.3) is 0 Å². The molecule has 2 amide bonds. The number of hydrogen-bond donors (Lipinski definition) is 2. The quantitative estimate of drug-likeness (QED) is 0.781. The summed E-state index contributed by atoms with van der Waals surface area (Å²) in [5.41, 5.74) is 1.87. The molecule has 0 aliphatic carbocycles. The maximum absolute atomic E-state index is 12.6. The third kappa shape index (κ3) is 4.58. The average molecular weight is 368 g/mol. The fourth-order valence-electron chi connectivity index (χ4n) is 2.94. The zero-order chi connectivity index (χ0) is 19.2. The molecule has 1 aliphatic heterocycles. The molecule has 0 saturated heterocycles. The third-order valence-electron chi connectivity index (χ3n) is 4.49. The minimum absolute atomic E-state index is 0.0760. The van der Waals surface area contributed by atoms with Gasteiger partial charge >= 0.3 is 0 Å². The van der Waals surface area contributed by atoms with E-state index in [9.17, 15) is 9.59 Å². The predicted molar refractivity (Wildman–Crippen MR) is 103 cm³/mol. The fraction of sp³-hybridized carbons (Fsp3) is 0.333. The number of anilines is 1. The van der Waals surface area contributed by atoms with Crippen molar-refractivity contribution in [2.75, 3.05) is 12.1 Å². The molecule has 0 radical (unpaired) electrons. The van der Waals surface area contributed by atoms with E-state index in [-0.39, 0.29) is 24.5 Å². The highest BCUT2D eigenvalue weighted by Crippen LogP contribution is 2.32. The summed E-state index contributed by atoms with van der Waals surface area (Å²) in [5.74, 6) is 0.970. The molecule has 2 N–H and O–H groups in total.